The Balaban J connectivity index is 2.32. The number of carboxylic acids is 1. The van der Waals surface area contributed by atoms with Crippen molar-refractivity contribution in [3.8, 4) is 0 Å². The molecule has 1 aromatic rings. The molecule has 0 saturated carbocycles. The van der Waals surface area contributed by atoms with Gasteiger partial charge in [0, 0.05) is 10.8 Å². The van der Waals surface area contributed by atoms with Gasteiger partial charge in [-0.25, -0.2) is 9.59 Å². The normalized spacial score (nSPS) is 21.7. The van der Waals surface area contributed by atoms with Crippen molar-refractivity contribution in [1.29, 1.82) is 0 Å². The van der Waals surface area contributed by atoms with Gasteiger partial charge in [-0.05, 0) is 38.5 Å². The maximum atomic E-state index is 12.4. The number of ether oxygens (including phenoxy) is 1. The molecule has 0 aromatic heterocycles. The van der Waals surface area contributed by atoms with Crippen molar-refractivity contribution in [3.63, 3.8) is 0 Å². The van der Waals surface area contributed by atoms with Gasteiger partial charge >= 0.3 is 12.1 Å². The van der Waals surface area contributed by atoms with E-state index in [9.17, 15) is 14.7 Å². The number of rotatable bonds is 2. The molecule has 22 heavy (non-hydrogen) atoms. The maximum Gasteiger partial charge on any atom is 0.412 e. The third-order valence-electron chi connectivity index (χ3n) is 3.02. The highest BCUT2D eigenvalue weighted by Crippen LogP contribution is 2.42. The summed E-state index contributed by atoms with van der Waals surface area (Å²) >= 11 is 7.38. The lowest BCUT2D eigenvalue weighted by molar-refractivity contribution is -0.142. The molecule has 0 spiro atoms. The molecule has 0 bridgehead atoms. The molecule has 2 atom stereocenters. The third kappa shape index (κ3) is 3.87. The van der Waals surface area contributed by atoms with Crippen molar-refractivity contribution < 1.29 is 19.4 Å². The number of thioether (sulfide) groups is 1. The number of aliphatic carboxylic acids is 1. The number of hydrogen-bond donors (Lipinski definition) is 1. The van der Waals surface area contributed by atoms with Crippen LogP contribution in [-0.4, -0.2) is 39.5 Å². The van der Waals surface area contributed by atoms with Crippen molar-refractivity contribution in [2.75, 3.05) is 5.75 Å². The average Bonchev–Trinajstić information content (AvgIpc) is 2.81. The van der Waals surface area contributed by atoms with Gasteiger partial charge in [0.05, 0.1) is 0 Å². The molecule has 1 aromatic carbocycles. The van der Waals surface area contributed by atoms with Gasteiger partial charge in [-0.1, -0.05) is 23.7 Å². The Labute approximate surface area is 138 Å². The van der Waals surface area contributed by atoms with Gasteiger partial charge in [0.15, 0.2) is 0 Å². The number of carbonyl (C=O) groups excluding carboxylic acids is 1. The lowest BCUT2D eigenvalue weighted by Crippen LogP contribution is -2.45. The topological polar surface area (TPSA) is 66.8 Å². The summed E-state index contributed by atoms with van der Waals surface area (Å²) in [6.45, 7) is 5.24. The van der Waals surface area contributed by atoms with Crippen LogP contribution in [0, 0.1) is 0 Å². The minimum absolute atomic E-state index is 0.311. The first-order chi connectivity index (χ1) is 10.2. The highest BCUT2D eigenvalue weighted by Gasteiger charge is 2.44. The molecule has 1 heterocycles. The monoisotopic (exact) mass is 343 g/mol. The number of carbonyl (C=O) groups is 2. The van der Waals surface area contributed by atoms with E-state index in [4.69, 9.17) is 16.3 Å². The minimum Gasteiger partial charge on any atom is -0.480 e. The van der Waals surface area contributed by atoms with Crippen LogP contribution in [0.15, 0.2) is 24.3 Å². The predicted octanol–water partition coefficient (Wildman–Crippen LogP) is 3.78. The summed E-state index contributed by atoms with van der Waals surface area (Å²) in [7, 11) is 0. The van der Waals surface area contributed by atoms with E-state index in [2.05, 4.69) is 0 Å². The van der Waals surface area contributed by atoms with Crippen LogP contribution in [0.3, 0.4) is 0 Å². The number of carboxylic acid groups (broad SMARTS) is 1. The molecule has 0 radical (unpaired) electrons. The Kier molecular flexibility index (Phi) is 4.92. The maximum absolute atomic E-state index is 12.4. The van der Waals surface area contributed by atoms with E-state index in [0.29, 0.717) is 10.8 Å². The van der Waals surface area contributed by atoms with E-state index in [1.165, 1.54) is 16.7 Å². The molecule has 1 aliphatic heterocycles. The van der Waals surface area contributed by atoms with Gasteiger partial charge in [0.25, 0.3) is 0 Å². The summed E-state index contributed by atoms with van der Waals surface area (Å²) in [4.78, 5) is 25.2. The Morgan fingerprint density at radius 2 is 2.09 bits per heavy atom. The van der Waals surface area contributed by atoms with Gasteiger partial charge in [-0.15, -0.1) is 11.8 Å². The van der Waals surface area contributed by atoms with Crippen molar-refractivity contribution >= 4 is 35.4 Å². The summed E-state index contributed by atoms with van der Waals surface area (Å²) in [5.74, 6) is -0.728. The third-order valence-corrected chi connectivity index (χ3v) is 4.58. The Bertz CT molecular complexity index is 587. The lowest BCUT2D eigenvalue weighted by Gasteiger charge is -2.30. The standard InChI is InChI=1S/C15H18ClNO4S/c1-15(2,3)21-14(20)17-11(13(18)19)8-22-12(17)9-5-4-6-10(16)7-9/h4-7,11-12H,8H2,1-3H3,(H,18,19)/t11-,12-/m0/s1. The molecule has 0 aliphatic carbocycles. The zero-order valence-corrected chi connectivity index (χ0v) is 14.1. The molecule has 2 rings (SSSR count). The number of nitrogens with zero attached hydrogens (tertiary/aromatic N) is 1. The summed E-state index contributed by atoms with van der Waals surface area (Å²) in [6, 6.07) is 6.16. The first-order valence-electron chi connectivity index (χ1n) is 6.80. The van der Waals surface area contributed by atoms with Gasteiger partial charge < -0.3 is 9.84 Å². The second kappa shape index (κ2) is 6.38. The van der Waals surface area contributed by atoms with Crippen LogP contribution in [0.4, 0.5) is 4.79 Å². The summed E-state index contributed by atoms with van der Waals surface area (Å²) in [5, 5.41) is 9.48. The van der Waals surface area contributed by atoms with Gasteiger partial charge in [0.1, 0.15) is 17.0 Å². The molecule has 1 fully saturated rings. The molecular weight excluding hydrogens is 326 g/mol. The quantitative estimate of drug-likeness (QED) is 0.885. The van der Waals surface area contributed by atoms with Crippen molar-refractivity contribution in [3.05, 3.63) is 34.9 Å². The molecule has 1 amide bonds. The van der Waals surface area contributed by atoms with Crippen molar-refractivity contribution in [1.82, 2.24) is 4.90 Å². The molecule has 120 valence electrons. The molecule has 7 heteroatoms. The minimum atomic E-state index is -1.04. The molecule has 1 saturated heterocycles. The van der Waals surface area contributed by atoms with E-state index in [1.54, 1.807) is 39.0 Å². The molecule has 0 unspecified atom stereocenters. The van der Waals surface area contributed by atoms with E-state index in [1.807, 2.05) is 6.07 Å². The highest BCUT2D eigenvalue weighted by atomic mass is 35.5. The SMILES string of the molecule is CC(C)(C)OC(=O)N1[C@H](C(=O)O)CS[C@H]1c1cccc(Cl)c1. The van der Waals surface area contributed by atoms with Crippen LogP contribution in [0.2, 0.25) is 5.02 Å². The Morgan fingerprint density at radius 1 is 1.41 bits per heavy atom. The first kappa shape index (κ1) is 17.0. The smallest absolute Gasteiger partial charge is 0.412 e. The predicted molar refractivity (Wildman–Crippen MR) is 86.1 cm³/mol. The van der Waals surface area contributed by atoms with Gasteiger partial charge in [0.2, 0.25) is 0 Å². The van der Waals surface area contributed by atoms with E-state index < -0.39 is 29.1 Å². The molecule has 1 N–H and O–H groups in total. The van der Waals surface area contributed by atoms with Crippen LogP contribution < -0.4 is 0 Å². The number of amides is 1. The average molecular weight is 344 g/mol. The second-order valence-electron chi connectivity index (χ2n) is 5.98. The summed E-state index contributed by atoms with van der Waals surface area (Å²) in [6.07, 6.45) is -0.630. The number of benzene rings is 1. The summed E-state index contributed by atoms with van der Waals surface area (Å²) < 4.78 is 5.36. The fourth-order valence-electron chi connectivity index (χ4n) is 2.15. The zero-order valence-electron chi connectivity index (χ0n) is 12.6. The van der Waals surface area contributed by atoms with E-state index in [0.717, 1.165) is 5.56 Å². The second-order valence-corrected chi connectivity index (χ2v) is 7.53. The number of halogens is 1. The molecular formula is C15H18ClNO4S. The van der Waals surface area contributed by atoms with Crippen molar-refractivity contribution in [2.45, 2.75) is 37.8 Å². The van der Waals surface area contributed by atoms with Crippen LogP contribution in [0.5, 0.6) is 0 Å². The van der Waals surface area contributed by atoms with Crippen LogP contribution in [0.25, 0.3) is 0 Å². The van der Waals surface area contributed by atoms with Gasteiger partial charge in [-0.2, -0.15) is 0 Å². The van der Waals surface area contributed by atoms with Gasteiger partial charge in [-0.3, -0.25) is 4.90 Å². The fraction of sp³-hybridized carbons (Fsp3) is 0.467. The zero-order chi connectivity index (χ0) is 16.5. The lowest BCUT2D eigenvalue weighted by atomic mass is 10.2. The van der Waals surface area contributed by atoms with Crippen LogP contribution in [0.1, 0.15) is 31.7 Å². The van der Waals surface area contributed by atoms with E-state index in [-0.39, 0.29) is 0 Å². The van der Waals surface area contributed by atoms with Crippen molar-refractivity contribution in [2.24, 2.45) is 0 Å². The van der Waals surface area contributed by atoms with E-state index >= 15 is 0 Å². The molecule has 5 nitrogen and oxygen atoms in total. The fourth-order valence-corrected chi connectivity index (χ4v) is 3.75. The van der Waals surface area contributed by atoms with Crippen LogP contribution in [-0.2, 0) is 9.53 Å². The Morgan fingerprint density at radius 3 is 2.64 bits per heavy atom. The molecule has 1 aliphatic rings. The Hall–Kier alpha value is -1.40. The highest BCUT2D eigenvalue weighted by molar-refractivity contribution is 7.99. The summed E-state index contributed by atoms with van der Waals surface area (Å²) in [5.41, 5.74) is 0.0961. The number of hydrogen-bond acceptors (Lipinski definition) is 4. The largest absolute Gasteiger partial charge is 0.480 e. The first-order valence-corrected chi connectivity index (χ1v) is 8.23. The van der Waals surface area contributed by atoms with Crippen LogP contribution >= 0.6 is 23.4 Å².